The van der Waals surface area contributed by atoms with E-state index in [0.717, 1.165) is 5.56 Å². The van der Waals surface area contributed by atoms with Crippen molar-refractivity contribution in [3.05, 3.63) is 29.3 Å². The number of hydrogen-bond acceptors (Lipinski definition) is 4. The third kappa shape index (κ3) is 4.91. The Morgan fingerprint density at radius 3 is 2.50 bits per heavy atom. The topological polar surface area (TPSA) is 55.8 Å². The van der Waals surface area contributed by atoms with Crippen LogP contribution in [0, 0.1) is 13.8 Å². The summed E-state index contributed by atoms with van der Waals surface area (Å²) >= 11 is 0. The zero-order chi connectivity index (χ0) is 15.1. The van der Waals surface area contributed by atoms with Gasteiger partial charge in [-0.05, 0) is 44.0 Å². The molecule has 1 rings (SSSR count). The molecule has 0 aliphatic heterocycles. The van der Waals surface area contributed by atoms with E-state index in [0.29, 0.717) is 12.4 Å². The second-order valence-electron chi connectivity index (χ2n) is 4.59. The largest absolute Gasteiger partial charge is 0.484 e. The van der Waals surface area contributed by atoms with Crippen LogP contribution in [0.15, 0.2) is 18.2 Å². The van der Waals surface area contributed by atoms with Crippen molar-refractivity contribution in [3.8, 4) is 5.75 Å². The van der Waals surface area contributed by atoms with Crippen LogP contribution < -0.4 is 4.74 Å². The molecule has 0 aromatic heterocycles. The van der Waals surface area contributed by atoms with Crippen molar-refractivity contribution in [2.45, 2.75) is 20.8 Å². The number of likely N-dealkylation sites (N-methyl/N-ethyl adjacent to an activating group) is 1. The van der Waals surface area contributed by atoms with Crippen LogP contribution in [0.2, 0.25) is 0 Å². The minimum atomic E-state index is -0.422. The smallest absolute Gasteiger partial charge is 0.325 e. The maximum absolute atomic E-state index is 11.8. The van der Waals surface area contributed by atoms with Gasteiger partial charge in [-0.1, -0.05) is 6.07 Å². The van der Waals surface area contributed by atoms with Gasteiger partial charge >= 0.3 is 5.97 Å². The summed E-state index contributed by atoms with van der Waals surface area (Å²) in [5.41, 5.74) is 2.28. The summed E-state index contributed by atoms with van der Waals surface area (Å²) in [4.78, 5) is 24.3. The Labute approximate surface area is 119 Å². The van der Waals surface area contributed by atoms with Crippen LogP contribution >= 0.6 is 0 Å². The highest BCUT2D eigenvalue weighted by atomic mass is 16.5. The van der Waals surface area contributed by atoms with Gasteiger partial charge in [0, 0.05) is 7.05 Å². The van der Waals surface area contributed by atoms with Gasteiger partial charge in [0.15, 0.2) is 6.61 Å². The number of hydrogen-bond donors (Lipinski definition) is 0. The second kappa shape index (κ2) is 7.53. The van der Waals surface area contributed by atoms with Gasteiger partial charge in [0.05, 0.1) is 6.61 Å². The van der Waals surface area contributed by atoms with E-state index >= 15 is 0 Å². The first-order chi connectivity index (χ1) is 9.43. The molecule has 0 N–H and O–H groups in total. The van der Waals surface area contributed by atoms with Gasteiger partial charge < -0.3 is 14.4 Å². The molecule has 110 valence electrons. The number of ether oxygens (including phenoxy) is 2. The molecule has 0 radical (unpaired) electrons. The highest BCUT2D eigenvalue weighted by Crippen LogP contribution is 2.16. The van der Waals surface area contributed by atoms with Gasteiger partial charge in [0.2, 0.25) is 0 Å². The van der Waals surface area contributed by atoms with Crippen molar-refractivity contribution in [2.24, 2.45) is 0 Å². The average molecular weight is 279 g/mol. The van der Waals surface area contributed by atoms with Crippen molar-refractivity contribution in [3.63, 3.8) is 0 Å². The van der Waals surface area contributed by atoms with E-state index in [9.17, 15) is 9.59 Å². The quantitative estimate of drug-likeness (QED) is 0.744. The molecule has 0 spiro atoms. The zero-order valence-corrected chi connectivity index (χ0v) is 12.4. The highest BCUT2D eigenvalue weighted by Gasteiger charge is 2.14. The summed E-state index contributed by atoms with van der Waals surface area (Å²) < 4.78 is 10.2. The number of amides is 1. The van der Waals surface area contributed by atoms with E-state index in [1.807, 2.05) is 32.0 Å². The predicted molar refractivity (Wildman–Crippen MR) is 75.7 cm³/mol. The van der Waals surface area contributed by atoms with E-state index in [4.69, 9.17) is 9.47 Å². The summed E-state index contributed by atoms with van der Waals surface area (Å²) in [6.45, 7) is 5.86. The molecule has 1 amide bonds. The van der Waals surface area contributed by atoms with Crippen LogP contribution in [0.3, 0.4) is 0 Å². The summed E-state index contributed by atoms with van der Waals surface area (Å²) in [6.07, 6.45) is 0. The third-order valence-electron chi connectivity index (χ3n) is 2.94. The van der Waals surface area contributed by atoms with E-state index < -0.39 is 5.97 Å². The van der Waals surface area contributed by atoms with E-state index in [1.54, 1.807) is 14.0 Å². The normalized spacial score (nSPS) is 10.0. The number of carbonyl (C=O) groups is 2. The lowest BCUT2D eigenvalue weighted by molar-refractivity contribution is -0.148. The van der Waals surface area contributed by atoms with Gasteiger partial charge in [0.1, 0.15) is 12.3 Å². The van der Waals surface area contributed by atoms with Gasteiger partial charge in [-0.25, -0.2) is 0 Å². The van der Waals surface area contributed by atoms with E-state index in [-0.39, 0.29) is 19.1 Å². The van der Waals surface area contributed by atoms with E-state index in [2.05, 4.69) is 0 Å². The molecular weight excluding hydrogens is 258 g/mol. The van der Waals surface area contributed by atoms with Gasteiger partial charge in [-0.2, -0.15) is 0 Å². The van der Waals surface area contributed by atoms with Gasteiger partial charge in [-0.3, -0.25) is 9.59 Å². The Balaban J connectivity index is 2.46. The molecule has 20 heavy (non-hydrogen) atoms. The minimum absolute atomic E-state index is 0.0665. The summed E-state index contributed by atoms with van der Waals surface area (Å²) in [5.74, 6) is -0.0446. The van der Waals surface area contributed by atoms with Crippen LogP contribution in [-0.4, -0.2) is 43.6 Å². The molecule has 5 heteroatoms. The fourth-order valence-electron chi connectivity index (χ4n) is 1.55. The Morgan fingerprint density at radius 2 is 1.90 bits per heavy atom. The first kappa shape index (κ1) is 16.0. The van der Waals surface area contributed by atoms with Crippen molar-refractivity contribution in [1.82, 2.24) is 4.90 Å². The second-order valence-corrected chi connectivity index (χ2v) is 4.59. The lowest BCUT2D eigenvalue weighted by Crippen LogP contribution is -2.36. The number of nitrogens with zero attached hydrogens (tertiary/aromatic N) is 1. The molecule has 0 aliphatic carbocycles. The first-order valence-electron chi connectivity index (χ1n) is 6.53. The molecule has 0 saturated heterocycles. The predicted octanol–water partition coefficient (Wildman–Crippen LogP) is 1.70. The average Bonchev–Trinajstić information content (AvgIpc) is 2.39. The molecule has 0 unspecified atom stereocenters. The van der Waals surface area contributed by atoms with Crippen LogP contribution in [0.5, 0.6) is 5.75 Å². The molecule has 1 aromatic carbocycles. The monoisotopic (exact) mass is 279 g/mol. The molecule has 0 heterocycles. The van der Waals surface area contributed by atoms with Crippen LogP contribution in [0.1, 0.15) is 18.1 Å². The highest BCUT2D eigenvalue weighted by molar-refractivity contribution is 5.82. The molecule has 0 aliphatic rings. The van der Waals surface area contributed by atoms with Gasteiger partial charge in [0.25, 0.3) is 5.91 Å². The minimum Gasteiger partial charge on any atom is -0.484 e. The number of esters is 1. The number of aryl methyl sites for hydroxylation is 2. The fourth-order valence-corrected chi connectivity index (χ4v) is 1.55. The van der Waals surface area contributed by atoms with Crippen LogP contribution in [0.4, 0.5) is 0 Å². The molecular formula is C15H21NO4. The summed E-state index contributed by atoms with van der Waals surface area (Å²) in [7, 11) is 1.54. The molecule has 0 saturated carbocycles. The molecule has 1 aromatic rings. The lowest BCUT2D eigenvalue weighted by Gasteiger charge is -2.16. The lowest BCUT2D eigenvalue weighted by atomic mass is 10.1. The fraction of sp³-hybridized carbons (Fsp3) is 0.467. The Hall–Kier alpha value is -2.04. The molecule has 5 nitrogen and oxygen atoms in total. The Kier molecular flexibility index (Phi) is 6.03. The SMILES string of the molecule is CCOC(=O)CN(C)C(=O)COc1ccc(C)c(C)c1. The number of carbonyl (C=O) groups excluding carboxylic acids is 2. The number of benzene rings is 1. The maximum atomic E-state index is 11.8. The summed E-state index contributed by atoms with van der Waals surface area (Å²) in [5, 5.41) is 0. The van der Waals surface area contributed by atoms with Crippen molar-refractivity contribution in [2.75, 3.05) is 26.8 Å². The molecule has 0 fully saturated rings. The standard InChI is InChI=1S/C15H21NO4/c1-5-19-15(18)9-16(4)14(17)10-20-13-7-6-11(2)12(3)8-13/h6-8H,5,9-10H2,1-4H3. The maximum Gasteiger partial charge on any atom is 0.325 e. The first-order valence-corrected chi connectivity index (χ1v) is 6.53. The Morgan fingerprint density at radius 1 is 1.20 bits per heavy atom. The Bertz CT molecular complexity index is 485. The third-order valence-corrected chi connectivity index (χ3v) is 2.94. The van der Waals surface area contributed by atoms with E-state index in [1.165, 1.54) is 10.5 Å². The van der Waals surface area contributed by atoms with Crippen molar-refractivity contribution < 1.29 is 19.1 Å². The van der Waals surface area contributed by atoms with Crippen LogP contribution in [-0.2, 0) is 14.3 Å². The van der Waals surface area contributed by atoms with Crippen LogP contribution in [0.25, 0.3) is 0 Å². The zero-order valence-electron chi connectivity index (χ0n) is 12.4. The van der Waals surface area contributed by atoms with Crippen molar-refractivity contribution >= 4 is 11.9 Å². The summed E-state index contributed by atoms with van der Waals surface area (Å²) in [6, 6.07) is 5.65. The molecule has 0 atom stereocenters. The van der Waals surface area contributed by atoms with Gasteiger partial charge in [-0.15, -0.1) is 0 Å². The van der Waals surface area contributed by atoms with Crippen molar-refractivity contribution in [1.29, 1.82) is 0 Å². The molecule has 0 bridgehead atoms. The number of rotatable bonds is 6.